The Morgan fingerprint density at radius 1 is 1.29 bits per heavy atom. The lowest BCUT2D eigenvalue weighted by molar-refractivity contribution is -0.145. The third-order valence-electron chi connectivity index (χ3n) is 6.09. The highest BCUT2D eigenvalue weighted by atomic mass is 16.7. The minimum atomic E-state index is -1.06. The van der Waals surface area contributed by atoms with E-state index >= 15 is 0 Å². The van der Waals surface area contributed by atoms with Crippen LogP contribution in [0.15, 0.2) is 24.3 Å². The normalized spacial score (nSPS) is 39.5. The van der Waals surface area contributed by atoms with Gasteiger partial charge in [0.25, 0.3) is 0 Å². The first-order valence-corrected chi connectivity index (χ1v) is 8.29. The Labute approximate surface area is 140 Å². The van der Waals surface area contributed by atoms with Crippen molar-refractivity contribution in [1.82, 2.24) is 4.90 Å². The highest BCUT2D eigenvalue weighted by Crippen LogP contribution is 2.57. The van der Waals surface area contributed by atoms with E-state index in [1.165, 1.54) is 0 Å². The molecule has 1 N–H and O–H groups in total. The highest BCUT2D eigenvalue weighted by molar-refractivity contribution is 5.56. The van der Waals surface area contributed by atoms with Gasteiger partial charge in [-0.1, -0.05) is 12.2 Å². The summed E-state index contributed by atoms with van der Waals surface area (Å²) >= 11 is 0. The lowest BCUT2D eigenvalue weighted by Crippen LogP contribution is -2.61. The summed E-state index contributed by atoms with van der Waals surface area (Å²) in [5.74, 6) is 1.49. The average Bonchev–Trinajstić information content (AvgIpc) is 3.13. The minimum absolute atomic E-state index is 0.102. The van der Waals surface area contributed by atoms with Crippen molar-refractivity contribution < 1.29 is 24.1 Å². The first-order valence-electron chi connectivity index (χ1n) is 8.29. The van der Waals surface area contributed by atoms with Crippen LogP contribution in [0.25, 0.3) is 0 Å². The van der Waals surface area contributed by atoms with Gasteiger partial charge in [0.1, 0.15) is 5.72 Å². The zero-order valence-electron chi connectivity index (χ0n) is 13.8. The number of fused-ring (bicyclic) bond motifs is 2. The first kappa shape index (κ1) is 14.7. The van der Waals surface area contributed by atoms with Crippen LogP contribution in [-0.4, -0.2) is 55.4 Å². The number of nitrogens with zero attached hydrogens (tertiary/aromatic N) is 1. The molecule has 0 bridgehead atoms. The summed E-state index contributed by atoms with van der Waals surface area (Å²) in [6.07, 6.45) is 4.42. The molecule has 0 amide bonds. The summed E-state index contributed by atoms with van der Waals surface area (Å²) in [7, 11) is 3.62. The molecule has 1 aromatic rings. The van der Waals surface area contributed by atoms with E-state index in [4.69, 9.17) is 18.9 Å². The van der Waals surface area contributed by atoms with E-state index in [0.29, 0.717) is 19.6 Å². The van der Waals surface area contributed by atoms with Gasteiger partial charge in [0, 0.05) is 20.1 Å². The van der Waals surface area contributed by atoms with Crippen LogP contribution in [0.2, 0.25) is 0 Å². The van der Waals surface area contributed by atoms with Crippen molar-refractivity contribution in [3.8, 4) is 11.5 Å². The zero-order chi connectivity index (χ0) is 16.5. The number of methoxy groups -OCH3 is 1. The van der Waals surface area contributed by atoms with Crippen LogP contribution in [0, 0.1) is 0 Å². The van der Waals surface area contributed by atoms with Gasteiger partial charge in [0.15, 0.2) is 11.5 Å². The Morgan fingerprint density at radius 2 is 2.08 bits per heavy atom. The third kappa shape index (κ3) is 1.59. The van der Waals surface area contributed by atoms with E-state index in [2.05, 4.69) is 6.08 Å². The van der Waals surface area contributed by atoms with Crippen LogP contribution in [0.5, 0.6) is 11.5 Å². The summed E-state index contributed by atoms with van der Waals surface area (Å²) < 4.78 is 22.7. The van der Waals surface area contributed by atoms with E-state index in [1.54, 1.807) is 7.11 Å². The molecule has 1 unspecified atom stereocenters. The fourth-order valence-corrected chi connectivity index (χ4v) is 4.79. The predicted molar refractivity (Wildman–Crippen MR) is 85.0 cm³/mol. The van der Waals surface area contributed by atoms with Crippen molar-refractivity contribution >= 4 is 0 Å². The number of likely N-dealkylation sites (N-methyl/N-ethyl adjacent to an activating group) is 1. The van der Waals surface area contributed by atoms with Gasteiger partial charge in [0.05, 0.1) is 24.2 Å². The second-order valence-electron chi connectivity index (χ2n) is 7.07. The molecule has 5 rings (SSSR count). The average molecular weight is 331 g/mol. The summed E-state index contributed by atoms with van der Waals surface area (Å²) in [6.45, 7) is 1.43. The fourth-order valence-electron chi connectivity index (χ4n) is 4.79. The molecule has 128 valence electrons. The van der Waals surface area contributed by atoms with Crippen molar-refractivity contribution in [2.45, 2.75) is 36.4 Å². The maximum atomic E-state index is 11.7. The van der Waals surface area contributed by atoms with E-state index in [9.17, 15) is 5.11 Å². The molecule has 1 spiro atoms. The molecule has 1 fully saturated rings. The number of rotatable bonds is 1. The number of aliphatic hydroxyl groups is 1. The minimum Gasteiger partial charge on any atom is -0.454 e. The molecule has 6 nitrogen and oxygen atoms in total. The third-order valence-corrected chi connectivity index (χ3v) is 6.09. The van der Waals surface area contributed by atoms with Gasteiger partial charge >= 0.3 is 0 Å². The van der Waals surface area contributed by atoms with Gasteiger partial charge in [-0.15, -0.1) is 0 Å². The molecule has 3 aliphatic heterocycles. The van der Waals surface area contributed by atoms with Crippen LogP contribution in [0.4, 0.5) is 0 Å². The summed E-state index contributed by atoms with van der Waals surface area (Å²) in [6, 6.07) is 4.01. The van der Waals surface area contributed by atoms with Crippen molar-refractivity contribution in [3.05, 3.63) is 35.4 Å². The van der Waals surface area contributed by atoms with Crippen molar-refractivity contribution in [2.24, 2.45) is 0 Å². The SMILES string of the molecule is CO[C@@H]1C=CC23c4cc5c(cc4CO[C@H]2CN(C)[C@@]3(O)C1)OCO5. The fraction of sp³-hybridized carbons (Fsp3) is 0.556. The van der Waals surface area contributed by atoms with Gasteiger partial charge in [-0.25, -0.2) is 0 Å². The number of hydrogen-bond acceptors (Lipinski definition) is 6. The van der Waals surface area contributed by atoms with E-state index in [-0.39, 0.29) is 19.0 Å². The number of likely N-dealkylation sites (tertiary alicyclic amines) is 1. The Hall–Kier alpha value is -1.60. The van der Waals surface area contributed by atoms with Crippen LogP contribution in [0.3, 0.4) is 0 Å². The largest absolute Gasteiger partial charge is 0.454 e. The maximum Gasteiger partial charge on any atom is 0.231 e. The van der Waals surface area contributed by atoms with E-state index in [0.717, 1.165) is 22.6 Å². The lowest BCUT2D eigenvalue weighted by Gasteiger charge is -2.50. The molecule has 0 aromatic heterocycles. The number of ether oxygens (including phenoxy) is 4. The number of benzene rings is 1. The topological polar surface area (TPSA) is 60.4 Å². The molecule has 24 heavy (non-hydrogen) atoms. The standard InChI is InChI=1S/C18H21NO5/c1-19-8-16-17(4-3-12(21-2)7-18(17,19)20)13-6-15-14(23-10-24-15)5-11(13)9-22-16/h3-6,12,16,20H,7-10H2,1-2H3/t12-,16+,17?,18-/m1/s1. The molecule has 1 aromatic carbocycles. The van der Waals surface area contributed by atoms with Crippen LogP contribution < -0.4 is 9.47 Å². The van der Waals surface area contributed by atoms with Crippen molar-refractivity contribution in [2.75, 3.05) is 27.5 Å². The molecule has 4 atom stereocenters. The molecule has 3 heterocycles. The molecular formula is C18H21NO5. The summed E-state index contributed by atoms with van der Waals surface area (Å²) in [5, 5.41) is 11.7. The summed E-state index contributed by atoms with van der Waals surface area (Å²) in [4.78, 5) is 1.99. The summed E-state index contributed by atoms with van der Waals surface area (Å²) in [5.41, 5.74) is 0.437. The number of hydrogen-bond donors (Lipinski definition) is 1. The van der Waals surface area contributed by atoms with Gasteiger partial charge in [-0.05, 0) is 30.3 Å². The molecule has 0 saturated carbocycles. The Morgan fingerprint density at radius 3 is 2.88 bits per heavy atom. The molecule has 4 aliphatic rings. The quantitative estimate of drug-likeness (QED) is 0.780. The van der Waals surface area contributed by atoms with Gasteiger partial charge in [-0.3, -0.25) is 4.90 Å². The predicted octanol–water partition coefficient (Wildman–Crippen LogP) is 1.16. The molecule has 0 radical (unpaired) electrons. The van der Waals surface area contributed by atoms with Gasteiger partial charge in [-0.2, -0.15) is 0 Å². The second kappa shape index (κ2) is 4.73. The van der Waals surface area contributed by atoms with Crippen molar-refractivity contribution in [3.63, 3.8) is 0 Å². The smallest absolute Gasteiger partial charge is 0.231 e. The molecule has 1 saturated heterocycles. The molecular weight excluding hydrogens is 310 g/mol. The Bertz CT molecular complexity index is 734. The molecule has 1 aliphatic carbocycles. The second-order valence-corrected chi connectivity index (χ2v) is 7.07. The van der Waals surface area contributed by atoms with Gasteiger partial charge < -0.3 is 24.1 Å². The van der Waals surface area contributed by atoms with Crippen molar-refractivity contribution in [1.29, 1.82) is 0 Å². The van der Waals surface area contributed by atoms with Crippen LogP contribution in [0.1, 0.15) is 17.5 Å². The van der Waals surface area contributed by atoms with E-state index in [1.807, 2.05) is 30.2 Å². The highest BCUT2D eigenvalue weighted by Gasteiger charge is 2.66. The maximum absolute atomic E-state index is 11.7. The Kier molecular flexibility index (Phi) is 2.90. The van der Waals surface area contributed by atoms with Gasteiger partial charge in [0.2, 0.25) is 6.79 Å². The monoisotopic (exact) mass is 331 g/mol. The Balaban J connectivity index is 1.75. The van der Waals surface area contributed by atoms with E-state index < -0.39 is 11.1 Å². The van der Waals surface area contributed by atoms with Crippen LogP contribution >= 0.6 is 0 Å². The molecule has 6 heteroatoms. The van der Waals surface area contributed by atoms with Crippen LogP contribution in [-0.2, 0) is 21.5 Å². The first-order chi connectivity index (χ1) is 11.6. The lowest BCUT2D eigenvalue weighted by atomic mass is 9.63. The zero-order valence-corrected chi connectivity index (χ0v) is 13.8.